The fraction of sp³-hybridized carbons (Fsp3) is 0.462. The third kappa shape index (κ3) is 3.18. The van der Waals surface area contributed by atoms with Gasteiger partial charge in [0.05, 0.1) is 18.2 Å². The SMILES string of the molecule is CC1(C)C(O)C2c3ccccc3CCC(=O)N2C1C(=O)N[C@@H]1CCCc2ccccc21. The lowest BCUT2D eigenvalue weighted by molar-refractivity contribution is -0.142. The second-order valence-corrected chi connectivity index (χ2v) is 9.77. The first-order chi connectivity index (χ1) is 14.9. The van der Waals surface area contributed by atoms with Crippen LogP contribution in [-0.2, 0) is 22.4 Å². The molecule has 1 fully saturated rings. The summed E-state index contributed by atoms with van der Waals surface area (Å²) < 4.78 is 0. The van der Waals surface area contributed by atoms with Gasteiger partial charge in [0.15, 0.2) is 0 Å². The zero-order chi connectivity index (χ0) is 21.8. The molecule has 5 nitrogen and oxygen atoms in total. The van der Waals surface area contributed by atoms with E-state index in [-0.39, 0.29) is 17.9 Å². The van der Waals surface area contributed by atoms with Gasteiger partial charge in [0.25, 0.3) is 0 Å². The third-order valence-electron chi connectivity index (χ3n) is 7.55. The highest BCUT2D eigenvalue weighted by molar-refractivity contribution is 5.90. The van der Waals surface area contributed by atoms with Gasteiger partial charge in [-0.15, -0.1) is 0 Å². The van der Waals surface area contributed by atoms with Gasteiger partial charge < -0.3 is 15.3 Å². The standard InChI is InChI=1S/C26H30N2O3/c1-26(2)23(25(31)27-20-13-7-10-16-8-3-5-11-18(16)20)28-21(29)15-14-17-9-4-6-12-19(17)22(28)24(26)30/h3-6,8-9,11-12,20,22-24,30H,7,10,13-15H2,1-2H3,(H,27,31)/t20-,22?,23?,24?/m1/s1. The van der Waals surface area contributed by atoms with E-state index in [1.807, 2.05) is 50.2 Å². The first-order valence-corrected chi connectivity index (χ1v) is 11.3. The van der Waals surface area contributed by atoms with E-state index in [0.717, 1.165) is 30.4 Å². The van der Waals surface area contributed by atoms with Crippen LogP contribution in [0.1, 0.15) is 67.4 Å². The summed E-state index contributed by atoms with van der Waals surface area (Å²) in [6.07, 6.45) is 3.12. The molecule has 1 saturated heterocycles. The Morgan fingerprint density at radius 1 is 1.00 bits per heavy atom. The molecule has 1 aliphatic carbocycles. The maximum atomic E-state index is 13.7. The molecule has 2 aromatic rings. The topological polar surface area (TPSA) is 69.6 Å². The Balaban J connectivity index is 1.50. The summed E-state index contributed by atoms with van der Waals surface area (Å²) in [6, 6.07) is 14.9. The third-order valence-corrected chi connectivity index (χ3v) is 7.55. The van der Waals surface area contributed by atoms with Gasteiger partial charge in [0.1, 0.15) is 6.04 Å². The Hall–Kier alpha value is -2.66. The second kappa shape index (κ2) is 7.49. The molecular weight excluding hydrogens is 388 g/mol. The summed E-state index contributed by atoms with van der Waals surface area (Å²) in [5.41, 5.74) is 3.74. The summed E-state index contributed by atoms with van der Waals surface area (Å²) in [6.45, 7) is 3.81. The number of rotatable bonds is 2. The zero-order valence-electron chi connectivity index (χ0n) is 18.2. The Labute approximate surface area is 183 Å². The molecule has 162 valence electrons. The lowest BCUT2D eigenvalue weighted by Crippen LogP contribution is -2.52. The molecule has 2 N–H and O–H groups in total. The van der Waals surface area contributed by atoms with Crippen molar-refractivity contribution in [3.63, 3.8) is 0 Å². The van der Waals surface area contributed by atoms with E-state index in [1.54, 1.807) is 4.90 Å². The number of aryl methyl sites for hydroxylation is 2. The number of hydrogen-bond donors (Lipinski definition) is 2. The average molecular weight is 419 g/mol. The van der Waals surface area contributed by atoms with Gasteiger partial charge >= 0.3 is 0 Å². The van der Waals surface area contributed by atoms with Gasteiger partial charge in [-0.2, -0.15) is 0 Å². The Bertz CT molecular complexity index is 1030. The van der Waals surface area contributed by atoms with Crippen molar-refractivity contribution in [1.82, 2.24) is 10.2 Å². The van der Waals surface area contributed by atoms with Crippen LogP contribution in [0, 0.1) is 5.41 Å². The van der Waals surface area contributed by atoms with Gasteiger partial charge in [-0.3, -0.25) is 9.59 Å². The molecule has 5 heteroatoms. The lowest BCUT2D eigenvalue weighted by Gasteiger charge is -2.35. The number of carbonyl (C=O) groups is 2. The minimum Gasteiger partial charge on any atom is -0.390 e. The summed E-state index contributed by atoms with van der Waals surface area (Å²) in [5, 5.41) is 14.6. The van der Waals surface area contributed by atoms with E-state index in [4.69, 9.17) is 0 Å². The average Bonchev–Trinajstić information content (AvgIpc) is 2.88. The minimum absolute atomic E-state index is 0.0567. The number of nitrogens with zero attached hydrogens (tertiary/aromatic N) is 1. The molecule has 3 unspecified atom stereocenters. The summed E-state index contributed by atoms with van der Waals surface area (Å²) >= 11 is 0. The smallest absolute Gasteiger partial charge is 0.243 e. The lowest BCUT2D eigenvalue weighted by atomic mass is 9.78. The van der Waals surface area contributed by atoms with E-state index in [9.17, 15) is 14.7 Å². The Morgan fingerprint density at radius 3 is 2.39 bits per heavy atom. The highest BCUT2D eigenvalue weighted by atomic mass is 16.3. The molecule has 4 atom stereocenters. The van der Waals surface area contributed by atoms with Crippen LogP contribution in [0.15, 0.2) is 48.5 Å². The number of carbonyl (C=O) groups excluding carboxylic acids is 2. The van der Waals surface area contributed by atoms with E-state index in [2.05, 4.69) is 17.4 Å². The number of nitrogens with one attached hydrogen (secondary N) is 1. The molecule has 3 aliphatic rings. The van der Waals surface area contributed by atoms with Crippen molar-refractivity contribution in [3.8, 4) is 0 Å². The molecule has 5 rings (SSSR count). The Morgan fingerprint density at radius 2 is 1.65 bits per heavy atom. The van der Waals surface area contributed by atoms with Crippen LogP contribution in [0.3, 0.4) is 0 Å². The van der Waals surface area contributed by atoms with Gasteiger partial charge in [0, 0.05) is 11.8 Å². The van der Waals surface area contributed by atoms with Crippen LogP contribution in [0.4, 0.5) is 0 Å². The van der Waals surface area contributed by atoms with Crippen LogP contribution in [0.5, 0.6) is 0 Å². The maximum absolute atomic E-state index is 13.7. The van der Waals surface area contributed by atoms with Crippen LogP contribution in [0.25, 0.3) is 0 Å². The quantitative estimate of drug-likeness (QED) is 0.785. The van der Waals surface area contributed by atoms with Crippen LogP contribution in [-0.4, -0.2) is 34.0 Å². The Kier molecular flexibility index (Phi) is 4.89. The van der Waals surface area contributed by atoms with Gasteiger partial charge in [-0.1, -0.05) is 62.4 Å². The van der Waals surface area contributed by atoms with E-state index in [1.165, 1.54) is 11.1 Å². The first-order valence-electron chi connectivity index (χ1n) is 11.3. The predicted octanol–water partition coefficient (Wildman–Crippen LogP) is 3.47. The van der Waals surface area contributed by atoms with Crippen molar-refractivity contribution in [2.75, 3.05) is 0 Å². The number of amides is 2. The van der Waals surface area contributed by atoms with Crippen molar-refractivity contribution >= 4 is 11.8 Å². The van der Waals surface area contributed by atoms with Crippen LogP contribution in [0.2, 0.25) is 0 Å². The fourth-order valence-electron chi connectivity index (χ4n) is 5.90. The number of aliphatic hydroxyl groups excluding tert-OH is 1. The monoisotopic (exact) mass is 418 g/mol. The first kappa shape index (κ1) is 20.3. The van der Waals surface area contributed by atoms with E-state index in [0.29, 0.717) is 12.8 Å². The molecule has 0 aromatic heterocycles. The highest BCUT2D eigenvalue weighted by Gasteiger charge is 2.59. The van der Waals surface area contributed by atoms with Crippen molar-refractivity contribution in [3.05, 3.63) is 70.8 Å². The van der Waals surface area contributed by atoms with Crippen molar-refractivity contribution in [2.45, 2.75) is 70.2 Å². The zero-order valence-corrected chi connectivity index (χ0v) is 18.2. The molecular formula is C26H30N2O3. The maximum Gasteiger partial charge on any atom is 0.243 e. The van der Waals surface area contributed by atoms with E-state index < -0.39 is 23.6 Å². The molecule has 2 heterocycles. The normalized spacial score (nSPS) is 28.9. The highest BCUT2D eigenvalue weighted by Crippen LogP contribution is 2.50. The number of fused-ring (bicyclic) bond motifs is 4. The largest absolute Gasteiger partial charge is 0.390 e. The van der Waals surface area contributed by atoms with Crippen molar-refractivity contribution < 1.29 is 14.7 Å². The predicted molar refractivity (Wildman–Crippen MR) is 118 cm³/mol. The summed E-state index contributed by atoms with van der Waals surface area (Å²) in [7, 11) is 0. The van der Waals surface area contributed by atoms with Crippen LogP contribution >= 0.6 is 0 Å². The molecule has 31 heavy (non-hydrogen) atoms. The van der Waals surface area contributed by atoms with Crippen molar-refractivity contribution in [1.29, 1.82) is 0 Å². The van der Waals surface area contributed by atoms with Crippen molar-refractivity contribution in [2.24, 2.45) is 5.41 Å². The van der Waals surface area contributed by atoms with Gasteiger partial charge in [0.2, 0.25) is 11.8 Å². The number of hydrogen-bond acceptors (Lipinski definition) is 3. The fourth-order valence-corrected chi connectivity index (χ4v) is 5.90. The minimum atomic E-state index is -0.815. The molecule has 0 spiro atoms. The molecule has 2 amide bonds. The number of aliphatic hydroxyl groups is 1. The van der Waals surface area contributed by atoms with Gasteiger partial charge in [-0.05, 0) is 47.9 Å². The van der Waals surface area contributed by atoms with Gasteiger partial charge in [-0.25, -0.2) is 0 Å². The molecule has 0 radical (unpaired) electrons. The second-order valence-electron chi connectivity index (χ2n) is 9.77. The summed E-state index contributed by atoms with van der Waals surface area (Å²) in [5.74, 6) is -0.226. The molecule has 2 aliphatic heterocycles. The molecule has 2 aromatic carbocycles. The van der Waals surface area contributed by atoms with Crippen LogP contribution < -0.4 is 5.32 Å². The number of benzene rings is 2. The molecule has 0 saturated carbocycles. The molecule has 0 bridgehead atoms. The summed E-state index contributed by atoms with van der Waals surface area (Å²) in [4.78, 5) is 28.6. The van der Waals surface area contributed by atoms with E-state index >= 15 is 0 Å².